The van der Waals surface area contributed by atoms with Crippen LogP contribution in [0.4, 0.5) is 0 Å². The number of aliphatic hydroxyl groups excluding tert-OH is 1. The van der Waals surface area contributed by atoms with Crippen LogP contribution in [0.5, 0.6) is 0 Å². The zero-order valence-electron chi connectivity index (χ0n) is 13.3. The minimum Gasteiger partial charge on any atom is -0.464 e. The van der Waals surface area contributed by atoms with E-state index < -0.39 is 12.1 Å². The number of hydrogen-bond donors (Lipinski definition) is 1. The lowest BCUT2D eigenvalue weighted by atomic mass is 10.0. The molecular formula is C17H22N2O3S. The Morgan fingerprint density at radius 3 is 2.65 bits per heavy atom. The highest BCUT2D eigenvalue weighted by molar-refractivity contribution is 7.13. The molecule has 23 heavy (non-hydrogen) atoms. The van der Waals surface area contributed by atoms with Crippen LogP contribution in [0.15, 0.2) is 30.3 Å². The van der Waals surface area contributed by atoms with Gasteiger partial charge in [-0.05, 0) is 24.8 Å². The third-order valence-electron chi connectivity index (χ3n) is 3.62. The summed E-state index contributed by atoms with van der Waals surface area (Å²) in [6.45, 7) is 0. The molecule has 0 aliphatic heterocycles. The number of aromatic nitrogens is 2. The van der Waals surface area contributed by atoms with Gasteiger partial charge in [-0.15, -0.1) is 10.2 Å². The quantitative estimate of drug-likeness (QED) is 0.561. The Hall–Kier alpha value is -1.79. The van der Waals surface area contributed by atoms with Gasteiger partial charge >= 0.3 is 5.97 Å². The summed E-state index contributed by atoms with van der Waals surface area (Å²) in [4.78, 5) is 11.3. The van der Waals surface area contributed by atoms with Gasteiger partial charge in [-0.25, -0.2) is 4.79 Å². The Balaban J connectivity index is 1.62. The first kappa shape index (κ1) is 17.6. The summed E-state index contributed by atoms with van der Waals surface area (Å²) in [5, 5.41) is 18.3. The van der Waals surface area contributed by atoms with Crippen molar-refractivity contribution in [2.45, 2.75) is 44.6 Å². The van der Waals surface area contributed by atoms with Gasteiger partial charge < -0.3 is 9.84 Å². The molecule has 1 unspecified atom stereocenters. The van der Waals surface area contributed by atoms with E-state index in [-0.39, 0.29) is 5.01 Å². The fourth-order valence-electron chi connectivity index (χ4n) is 2.33. The highest BCUT2D eigenvalue weighted by Crippen LogP contribution is 2.23. The monoisotopic (exact) mass is 334 g/mol. The van der Waals surface area contributed by atoms with E-state index in [4.69, 9.17) is 0 Å². The molecule has 0 saturated heterocycles. The third-order valence-corrected chi connectivity index (χ3v) is 4.63. The van der Waals surface area contributed by atoms with Gasteiger partial charge in [0, 0.05) is 0 Å². The second-order valence-electron chi connectivity index (χ2n) is 5.39. The van der Waals surface area contributed by atoms with Crippen LogP contribution in [0.25, 0.3) is 0 Å². The van der Waals surface area contributed by atoms with Crippen LogP contribution in [-0.4, -0.2) is 28.4 Å². The second kappa shape index (κ2) is 9.37. The number of aryl methyl sites for hydroxylation is 1. The third kappa shape index (κ3) is 5.73. The Labute approximate surface area is 140 Å². The molecule has 0 amide bonds. The van der Waals surface area contributed by atoms with Crippen molar-refractivity contribution >= 4 is 17.3 Å². The van der Waals surface area contributed by atoms with Gasteiger partial charge in [0.15, 0.2) is 0 Å². The number of benzene rings is 1. The van der Waals surface area contributed by atoms with Gasteiger partial charge in [-0.3, -0.25) is 0 Å². The number of unbranched alkanes of at least 4 members (excludes halogenated alkanes) is 3. The van der Waals surface area contributed by atoms with Crippen molar-refractivity contribution in [2.24, 2.45) is 0 Å². The van der Waals surface area contributed by atoms with E-state index in [1.807, 2.05) is 6.07 Å². The zero-order valence-corrected chi connectivity index (χ0v) is 14.1. The van der Waals surface area contributed by atoms with E-state index in [1.165, 1.54) is 12.7 Å². The second-order valence-corrected chi connectivity index (χ2v) is 6.40. The van der Waals surface area contributed by atoms with Gasteiger partial charge in [0.2, 0.25) is 5.01 Å². The summed E-state index contributed by atoms with van der Waals surface area (Å²) in [6.07, 6.45) is 5.40. The molecule has 1 N–H and O–H groups in total. The van der Waals surface area contributed by atoms with Crippen LogP contribution >= 0.6 is 11.3 Å². The first-order chi connectivity index (χ1) is 11.2. The van der Waals surface area contributed by atoms with Crippen LogP contribution in [0.2, 0.25) is 0 Å². The molecule has 5 nitrogen and oxygen atoms in total. The molecule has 0 aliphatic rings. The number of esters is 1. The number of rotatable bonds is 9. The number of carbonyl (C=O) groups is 1. The summed E-state index contributed by atoms with van der Waals surface area (Å²) < 4.78 is 4.58. The SMILES string of the molecule is COC(=O)c1nnc(C(O)CCCCCCc2ccccc2)s1. The Morgan fingerprint density at radius 1 is 1.17 bits per heavy atom. The van der Waals surface area contributed by atoms with Gasteiger partial charge in [-0.2, -0.15) is 0 Å². The molecule has 0 saturated carbocycles. The molecule has 1 aromatic carbocycles. The molecule has 6 heteroatoms. The number of methoxy groups -OCH3 is 1. The van der Waals surface area contributed by atoms with Gasteiger partial charge in [-0.1, -0.05) is 60.9 Å². The number of ether oxygens (including phenoxy) is 1. The van der Waals surface area contributed by atoms with E-state index >= 15 is 0 Å². The molecule has 1 aromatic heterocycles. The van der Waals surface area contributed by atoms with Crippen LogP contribution < -0.4 is 0 Å². The molecular weight excluding hydrogens is 312 g/mol. The van der Waals surface area contributed by atoms with Crippen molar-refractivity contribution in [1.82, 2.24) is 10.2 Å². The van der Waals surface area contributed by atoms with Crippen molar-refractivity contribution in [2.75, 3.05) is 7.11 Å². The van der Waals surface area contributed by atoms with Crippen LogP contribution in [-0.2, 0) is 11.2 Å². The summed E-state index contributed by atoms with van der Waals surface area (Å²) in [5.41, 5.74) is 1.37. The largest absolute Gasteiger partial charge is 0.464 e. The fraction of sp³-hybridized carbons (Fsp3) is 0.471. The molecule has 0 bridgehead atoms. The van der Waals surface area contributed by atoms with E-state index in [1.54, 1.807) is 0 Å². The zero-order chi connectivity index (χ0) is 16.5. The molecule has 1 heterocycles. The van der Waals surface area contributed by atoms with Crippen molar-refractivity contribution in [3.63, 3.8) is 0 Å². The highest BCUT2D eigenvalue weighted by atomic mass is 32.1. The van der Waals surface area contributed by atoms with Crippen molar-refractivity contribution in [3.8, 4) is 0 Å². The lowest BCUT2D eigenvalue weighted by Gasteiger charge is -2.06. The molecule has 1 atom stereocenters. The molecule has 2 aromatic rings. The maximum absolute atomic E-state index is 11.3. The fourth-order valence-corrected chi connectivity index (χ4v) is 3.11. The molecule has 0 radical (unpaired) electrons. The Morgan fingerprint density at radius 2 is 1.91 bits per heavy atom. The number of aliphatic hydroxyl groups is 1. The smallest absolute Gasteiger partial charge is 0.369 e. The lowest BCUT2D eigenvalue weighted by Crippen LogP contribution is -1.99. The first-order valence-electron chi connectivity index (χ1n) is 7.84. The van der Waals surface area contributed by atoms with E-state index in [9.17, 15) is 9.90 Å². The Bertz CT molecular complexity index is 601. The van der Waals surface area contributed by atoms with Crippen LogP contribution in [0.1, 0.15) is 58.6 Å². The van der Waals surface area contributed by atoms with Crippen LogP contribution in [0.3, 0.4) is 0 Å². The summed E-state index contributed by atoms with van der Waals surface area (Å²) in [7, 11) is 1.30. The predicted octanol–water partition coefficient (Wildman–Crippen LogP) is 3.55. The van der Waals surface area contributed by atoms with Crippen LogP contribution in [0, 0.1) is 0 Å². The number of hydrogen-bond acceptors (Lipinski definition) is 6. The number of nitrogens with zero attached hydrogens (tertiary/aromatic N) is 2. The topological polar surface area (TPSA) is 72.3 Å². The average Bonchev–Trinajstić information content (AvgIpc) is 3.08. The highest BCUT2D eigenvalue weighted by Gasteiger charge is 2.17. The van der Waals surface area contributed by atoms with E-state index in [2.05, 4.69) is 39.2 Å². The average molecular weight is 334 g/mol. The molecule has 0 aliphatic carbocycles. The molecule has 124 valence electrons. The maximum Gasteiger partial charge on any atom is 0.369 e. The molecule has 2 rings (SSSR count). The van der Waals surface area contributed by atoms with Crippen molar-refractivity contribution in [1.29, 1.82) is 0 Å². The summed E-state index contributed by atoms with van der Waals surface area (Å²) in [5.74, 6) is -0.512. The van der Waals surface area contributed by atoms with E-state index in [0.717, 1.165) is 43.4 Å². The lowest BCUT2D eigenvalue weighted by molar-refractivity contribution is 0.0599. The van der Waals surface area contributed by atoms with Crippen molar-refractivity contribution in [3.05, 3.63) is 45.9 Å². The Kier molecular flexibility index (Phi) is 7.16. The van der Waals surface area contributed by atoms with Gasteiger partial charge in [0.25, 0.3) is 0 Å². The maximum atomic E-state index is 11.3. The predicted molar refractivity (Wildman–Crippen MR) is 89.4 cm³/mol. The summed E-state index contributed by atoms with van der Waals surface area (Å²) >= 11 is 1.09. The van der Waals surface area contributed by atoms with E-state index in [0.29, 0.717) is 11.4 Å². The number of carbonyl (C=O) groups excluding carboxylic acids is 1. The van der Waals surface area contributed by atoms with Gasteiger partial charge in [0.05, 0.1) is 7.11 Å². The standard InChI is InChI=1S/C17H22N2O3S/c1-22-17(21)16-19-18-15(23-16)14(20)12-8-3-2-5-9-13-10-6-4-7-11-13/h4,6-7,10-11,14,20H,2-3,5,8-9,12H2,1H3. The first-order valence-corrected chi connectivity index (χ1v) is 8.66. The van der Waals surface area contributed by atoms with Gasteiger partial charge in [0.1, 0.15) is 11.1 Å². The normalized spacial score (nSPS) is 12.1. The molecule has 0 spiro atoms. The summed E-state index contributed by atoms with van der Waals surface area (Å²) in [6, 6.07) is 10.5. The van der Waals surface area contributed by atoms with Crippen molar-refractivity contribution < 1.29 is 14.6 Å². The minimum absolute atomic E-state index is 0.185. The molecule has 0 fully saturated rings. The minimum atomic E-state index is -0.653.